The molecular formula is C6H6N2O4. The third kappa shape index (κ3) is 2.41. The first-order valence-electron chi connectivity index (χ1n) is 3.09. The van der Waals surface area contributed by atoms with E-state index in [0.29, 0.717) is 0 Å². The lowest BCUT2D eigenvalue weighted by Crippen LogP contribution is -2.12. The fraction of sp³-hybridized carbons (Fsp3) is 0.167. The lowest BCUT2D eigenvalue weighted by molar-refractivity contribution is -0.139. The minimum atomic E-state index is -1.09. The van der Waals surface area contributed by atoms with Gasteiger partial charge in [0.05, 0.1) is 0 Å². The number of rotatable bonds is 3. The van der Waals surface area contributed by atoms with Crippen LogP contribution in [-0.4, -0.2) is 27.9 Å². The van der Waals surface area contributed by atoms with E-state index in [0.717, 1.165) is 0 Å². The van der Waals surface area contributed by atoms with Crippen molar-refractivity contribution in [1.29, 1.82) is 0 Å². The number of nitrogens with one attached hydrogen (secondary N) is 1. The first kappa shape index (κ1) is 8.25. The molecular weight excluding hydrogens is 164 g/mol. The maximum atomic E-state index is 10.5. The zero-order valence-electron chi connectivity index (χ0n) is 5.98. The van der Waals surface area contributed by atoms with Crippen LogP contribution in [0, 0.1) is 0 Å². The van der Waals surface area contributed by atoms with Crippen molar-refractivity contribution in [2.45, 2.75) is 0 Å². The first-order chi connectivity index (χ1) is 5.68. The maximum Gasteiger partial charge on any atom is 0.341 e. The van der Waals surface area contributed by atoms with Crippen LogP contribution in [0.1, 0.15) is 0 Å². The van der Waals surface area contributed by atoms with E-state index < -0.39 is 12.6 Å². The molecule has 0 aliphatic rings. The van der Waals surface area contributed by atoms with Gasteiger partial charge in [-0.1, -0.05) is 0 Å². The summed E-state index contributed by atoms with van der Waals surface area (Å²) in [6.45, 7) is -0.473. The molecule has 64 valence electrons. The standard InChI is InChI=1S/C6H6N2O4/c9-4-1-2-5(8-7-4)12-3-6(10)11/h1-2H,3H2,(H,7,9)(H,10,11). The Kier molecular flexibility index (Phi) is 2.42. The van der Waals surface area contributed by atoms with Gasteiger partial charge >= 0.3 is 5.97 Å². The second-order valence-corrected chi connectivity index (χ2v) is 1.94. The van der Waals surface area contributed by atoms with Gasteiger partial charge in [-0.05, 0) is 0 Å². The summed E-state index contributed by atoms with van der Waals surface area (Å²) in [5.41, 5.74) is -0.363. The molecule has 12 heavy (non-hydrogen) atoms. The number of H-pyrrole nitrogens is 1. The summed E-state index contributed by atoms with van der Waals surface area (Å²) in [5.74, 6) is -1.01. The molecule has 0 fully saturated rings. The molecule has 1 rings (SSSR count). The van der Waals surface area contributed by atoms with Crippen molar-refractivity contribution in [3.8, 4) is 5.88 Å². The van der Waals surface area contributed by atoms with Crippen molar-refractivity contribution in [2.24, 2.45) is 0 Å². The molecule has 0 amide bonds. The van der Waals surface area contributed by atoms with Gasteiger partial charge in [0.1, 0.15) is 0 Å². The quantitative estimate of drug-likeness (QED) is 0.621. The Hall–Kier alpha value is -1.85. The van der Waals surface area contributed by atoms with E-state index in [9.17, 15) is 9.59 Å². The van der Waals surface area contributed by atoms with Gasteiger partial charge in [-0.3, -0.25) is 4.79 Å². The number of ether oxygens (including phenoxy) is 1. The number of hydrogen-bond donors (Lipinski definition) is 2. The molecule has 1 heterocycles. The minimum Gasteiger partial charge on any atom is -0.479 e. The number of hydrogen-bond acceptors (Lipinski definition) is 4. The molecule has 2 N–H and O–H groups in total. The van der Waals surface area contributed by atoms with Crippen LogP contribution < -0.4 is 10.3 Å². The average Bonchev–Trinajstić information content (AvgIpc) is 2.03. The molecule has 1 aromatic heterocycles. The van der Waals surface area contributed by atoms with Gasteiger partial charge in [-0.25, -0.2) is 9.89 Å². The summed E-state index contributed by atoms with van der Waals surface area (Å²) in [6.07, 6.45) is 0. The number of aromatic amines is 1. The van der Waals surface area contributed by atoms with Crippen LogP contribution in [0.3, 0.4) is 0 Å². The summed E-state index contributed by atoms with van der Waals surface area (Å²) in [5, 5.41) is 13.7. The highest BCUT2D eigenvalue weighted by molar-refractivity contribution is 5.68. The zero-order chi connectivity index (χ0) is 8.97. The van der Waals surface area contributed by atoms with Crippen molar-refractivity contribution < 1.29 is 14.6 Å². The number of nitrogens with zero attached hydrogens (tertiary/aromatic N) is 1. The largest absolute Gasteiger partial charge is 0.479 e. The van der Waals surface area contributed by atoms with Crippen molar-refractivity contribution >= 4 is 5.97 Å². The molecule has 6 nitrogen and oxygen atoms in total. The van der Waals surface area contributed by atoms with Crippen LogP contribution >= 0.6 is 0 Å². The lowest BCUT2D eigenvalue weighted by Gasteiger charge is -1.98. The van der Waals surface area contributed by atoms with Crippen LogP contribution in [0.5, 0.6) is 5.88 Å². The Balaban J connectivity index is 2.59. The molecule has 0 aliphatic heterocycles. The molecule has 1 aromatic rings. The number of carbonyl (C=O) groups is 1. The van der Waals surface area contributed by atoms with E-state index >= 15 is 0 Å². The monoisotopic (exact) mass is 170 g/mol. The van der Waals surface area contributed by atoms with Crippen LogP contribution in [0.15, 0.2) is 16.9 Å². The number of aromatic nitrogens is 2. The van der Waals surface area contributed by atoms with Gasteiger partial charge in [0.15, 0.2) is 6.61 Å². The fourth-order valence-electron chi connectivity index (χ4n) is 0.548. The summed E-state index contributed by atoms with van der Waals surface area (Å²) in [7, 11) is 0. The van der Waals surface area contributed by atoms with E-state index in [1.165, 1.54) is 12.1 Å². The third-order valence-electron chi connectivity index (χ3n) is 0.997. The minimum absolute atomic E-state index is 0.0806. The Morgan fingerprint density at radius 2 is 2.42 bits per heavy atom. The Bertz CT molecular complexity index is 312. The van der Waals surface area contributed by atoms with Crippen LogP contribution in [0.4, 0.5) is 0 Å². The van der Waals surface area contributed by atoms with Crippen LogP contribution in [0.2, 0.25) is 0 Å². The van der Waals surface area contributed by atoms with Gasteiger partial charge in [-0.2, -0.15) is 0 Å². The normalized spacial score (nSPS) is 9.33. The predicted octanol–water partition coefficient (Wildman–Crippen LogP) is -0.767. The molecule has 0 saturated heterocycles. The molecule has 0 radical (unpaired) electrons. The molecule has 0 saturated carbocycles. The first-order valence-corrected chi connectivity index (χ1v) is 3.09. The van der Waals surface area contributed by atoms with E-state index in [4.69, 9.17) is 5.11 Å². The topological polar surface area (TPSA) is 92.3 Å². The highest BCUT2D eigenvalue weighted by Crippen LogP contribution is 1.98. The molecule has 0 unspecified atom stereocenters. The Labute approximate surface area is 66.8 Å². The molecule has 0 atom stereocenters. The Morgan fingerprint density at radius 3 is 2.92 bits per heavy atom. The van der Waals surface area contributed by atoms with Gasteiger partial charge in [0, 0.05) is 12.1 Å². The molecule has 6 heteroatoms. The van der Waals surface area contributed by atoms with E-state index in [-0.39, 0.29) is 11.4 Å². The summed E-state index contributed by atoms with van der Waals surface area (Å²) >= 11 is 0. The van der Waals surface area contributed by atoms with E-state index in [2.05, 4.69) is 14.9 Å². The number of carboxylic acids is 1. The number of carboxylic acid groups (broad SMARTS) is 1. The lowest BCUT2D eigenvalue weighted by atomic mass is 10.5. The highest BCUT2D eigenvalue weighted by Gasteiger charge is 1.98. The molecule has 0 aromatic carbocycles. The van der Waals surface area contributed by atoms with E-state index in [1.54, 1.807) is 0 Å². The summed E-state index contributed by atoms with van der Waals surface area (Å²) in [4.78, 5) is 20.5. The highest BCUT2D eigenvalue weighted by atomic mass is 16.5. The second-order valence-electron chi connectivity index (χ2n) is 1.94. The van der Waals surface area contributed by atoms with E-state index in [1.807, 2.05) is 0 Å². The SMILES string of the molecule is O=C(O)COc1ccc(=O)[nH]n1. The third-order valence-corrected chi connectivity index (χ3v) is 0.997. The van der Waals surface area contributed by atoms with Crippen LogP contribution in [-0.2, 0) is 4.79 Å². The maximum absolute atomic E-state index is 10.5. The van der Waals surface area contributed by atoms with Crippen LogP contribution in [0.25, 0.3) is 0 Å². The summed E-state index contributed by atoms with van der Waals surface area (Å²) in [6, 6.07) is 2.49. The number of aliphatic carboxylic acids is 1. The zero-order valence-corrected chi connectivity index (χ0v) is 5.98. The molecule has 0 aliphatic carbocycles. The van der Waals surface area contributed by atoms with Gasteiger partial charge < -0.3 is 9.84 Å². The van der Waals surface area contributed by atoms with Gasteiger partial charge in [-0.15, -0.1) is 5.10 Å². The second kappa shape index (κ2) is 3.51. The molecule has 0 bridgehead atoms. The van der Waals surface area contributed by atoms with Crippen molar-refractivity contribution in [3.63, 3.8) is 0 Å². The van der Waals surface area contributed by atoms with Gasteiger partial charge in [0.25, 0.3) is 5.56 Å². The smallest absolute Gasteiger partial charge is 0.341 e. The predicted molar refractivity (Wildman–Crippen MR) is 38.0 cm³/mol. The van der Waals surface area contributed by atoms with Crippen molar-refractivity contribution in [3.05, 3.63) is 22.5 Å². The van der Waals surface area contributed by atoms with Gasteiger partial charge in [0.2, 0.25) is 5.88 Å². The van der Waals surface area contributed by atoms with Crippen molar-refractivity contribution in [1.82, 2.24) is 10.2 Å². The average molecular weight is 170 g/mol. The van der Waals surface area contributed by atoms with Crippen molar-refractivity contribution in [2.75, 3.05) is 6.61 Å². The fourth-order valence-corrected chi connectivity index (χ4v) is 0.548. The Morgan fingerprint density at radius 1 is 1.67 bits per heavy atom. The molecule has 0 spiro atoms. The summed E-state index contributed by atoms with van der Waals surface area (Å²) < 4.78 is 4.64.